The highest BCUT2D eigenvalue weighted by atomic mass is 35.5. The number of hydrogen-bond donors (Lipinski definition) is 3. The van der Waals surface area contributed by atoms with E-state index >= 15 is 0 Å². The van der Waals surface area contributed by atoms with Gasteiger partial charge in [0.15, 0.2) is 11.5 Å². The normalized spacial score (nSPS) is 16.1. The summed E-state index contributed by atoms with van der Waals surface area (Å²) >= 11 is 5.91. The van der Waals surface area contributed by atoms with Gasteiger partial charge in [-0.15, -0.1) is 0 Å². The lowest BCUT2D eigenvalue weighted by Crippen LogP contribution is -2.50. The van der Waals surface area contributed by atoms with E-state index in [0.717, 1.165) is 0 Å². The van der Waals surface area contributed by atoms with Gasteiger partial charge in [0.05, 0.1) is 41.1 Å². The fraction of sp³-hybridized carbons (Fsp3) is 0.389. The van der Waals surface area contributed by atoms with Crippen molar-refractivity contribution < 1.29 is 33.7 Å². The average Bonchev–Trinajstić information content (AvgIpc) is 2.63. The van der Waals surface area contributed by atoms with Crippen molar-refractivity contribution in [2.45, 2.75) is 26.8 Å². The first-order chi connectivity index (χ1) is 13.3. The van der Waals surface area contributed by atoms with Crippen molar-refractivity contribution in [2.75, 3.05) is 19.8 Å². The van der Waals surface area contributed by atoms with Gasteiger partial charge in [0.25, 0.3) is 0 Å². The molecule has 1 atom stereocenters. The van der Waals surface area contributed by atoms with Crippen LogP contribution in [0, 0.1) is 0 Å². The van der Waals surface area contributed by atoms with Crippen molar-refractivity contribution in [1.29, 1.82) is 0 Å². The Morgan fingerprint density at radius 2 is 1.89 bits per heavy atom. The van der Waals surface area contributed by atoms with E-state index < -0.39 is 24.0 Å². The Balaban J connectivity index is 2.23. The van der Waals surface area contributed by atoms with Crippen molar-refractivity contribution in [2.24, 2.45) is 0 Å². The predicted octanol–water partition coefficient (Wildman–Crippen LogP) is 2.12. The minimum atomic E-state index is -0.779. The van der Waals surface area contributed by atoms with Gasteiger partial charge in [0.2, 0.25) is 0 Å². The molecule has 3 N–H and O–H groups in total. The number of carbonyl (C=O) groups is 3. The largest absolute Gasteiger partial charge is 0.503 e. The molecule has 0 saturated heterocycles. The fourth-order valence-corrected chi connectivity index (χ4v) is 2.78. The Kier molecular flexibility index (Phi) is 7.11. The number of benzene rings is 1. The molecule has 1 heterocycles. The van der Waals surface area contributed by atoms with Gasteiger partial charge < -0.3 is 30.0 Å². The Morgan fingerprint density at radius 1 is 1.18 bits per heavy atom. The van der Waals surface area contributed by atoms with Crippen molar-refractivity contribution in [3.8, 4) is 11.5 Å². The zero-order valence-corrected chi connectivity index (χ0v) is 16.4. The van der Waals surface area contributed by atoms with Crippen LogP contribution in [0.25, 0.3) is 0 Å². The minimum Gasteiger partial charge on any atom is -0.503 e. The predicted molar refractivity (Wildman–Crippen MR) is 99.4 cm³/mol. The molecule has 0 radical (unpaired) electrons. The monoisotopic (exact) mass is 412 g/mol. The Labute approximate surface area is 166 Å². The van der Waals surface area contributed by atoms with Crippen LogP contribution in [0.4, 0.5) is 4.79 Å². The number of rotatable bonds is 7. The molecule has 28 heavy (non-hydrogen) atoms. The Hall–Kier alpha value is -2.94. The first-order valence-electron chi connectivity index (χ1n) is 8.58. The number of phenolic OH excluding ortho intramolecular Hbond substituents is 1. The summed E-state index contributed by atoms with van der Waals surface area (Å²) in [7, 11) is 0. The number of carbonyl (C=O) groups excluding carboxylic acids is 3. The molecule has 0 fully saturated rings. The van der Waals surface area contributed by atoms with Crippen LogP contribution in [0.2, 0.25) is 5.02 Å². The van der Waals surface area contributed by atoms with Crippen LogP contribution in [-0.2, 0) is 14.3 Å². The maximum absolute atomic E-state index is 12.4. The molecule has 10 heteroatoms. The van der Waals surface area contributed by atoms with Crippen LogP contribution < -0.4 is 15.4 Å². The second-order valence-electron chi connectivity index (χ2n) is 5.75. The number of esters is 2. The van der Waals surface area contributed by atoms with Gasteiger partial charge in [0, 0.05) is 0 Å². The number of amides is 2. The highest BCUT2D eigenvalue weighted by Gasteiger charge is 2.30. The van der Waals surface area contributed by atoms with Crippen LogP contribution in [0.1, 0.15) is 31.1 Å². The lowest BCUT2D eigenvalue weighted by Gasteiger charge is -2.26. The zero-order chi connectivity index (χ0) is 20.8. The van der Waals surface area contributed by atoms with E-state index in [4.69, 9.17) is 25.8 Å². The molecule has 1 aliphatic rings. The van der Waals surface area contributed by atoms with Crippen molar-refractivity contribution in [1.82, 2.24) is 10.6 Å². The average molecular weight is 413 g/mol. The molecule has 152 valence electrons. The molecule has 0 spiro atoms. The van der Waals surface area contributed by atoms with Crippen LogP contribution in [0.15, 0.2) is 23.4 Å². The van der Waals surface area contributed by atoms with E-state index in [1.807, 2.05) is 0 Å². The molecule has 1 aromatic carbocycles. The van der Waals surface area contributed by atoms with E-state index in [2.05, 4.69) is 10.6 Å². The molecule has 0 aliphatic carbocycles. The highest BCUT2D eigenvalue weighted by molar-refractivity contribution is 6.32. The molecule has 1 aliphatic heterocycles. The molecule has 2 rings (SSSR count). The molecule has 0 aromatic heterocycles. The molecule has 2 amide bonds. The number of ether oxygens (including phenoxy) is 3. The summed E-state index contributed by atoms with van der Waals surface area (Å²) in [4.78, 5) is 36.3. The SMILES string of the molecule is CCOC(=O)C1=C(COC(=O)c2cc(Cl)c(O)c(OCC)c2)NC(=O)N[C@H]1C. The lowest BCUT2D eigenvalue weighted by molar-refractivity contribution is -0.139. The molecule has 0 bridgehead atoms. The smallest absolute Gasteiger partial charge is 0.338 e. The summed E-state index contributed by atoms with van der Waals surface area (Å²) in [6, 6.07) is 1.37. The molecule has 1 aromatic rings. The molecular formula is C18H21ClN2O7. The van der Waals surface area contributed by atoms with E-state index in [-0.39, 0.29) is 53.2 Å². The fourth-order valence-electron chi connectivity index (χ4n) is 2.57. The van der Waals surface area contributed by atoms with Crippen LogP contribution >= 0.6 is 11.6 Å². The number of phenols is 1. The first kappa shape index (κ1) is 21.4. The topological polar surface area (TPSA) is 123 Å². The first-order valence-corrected chi connectivity index (χ1v) is 8.96. The number of urea groups is 1. The summed E-state index contributed by atoms with van der Waals surface area (Å²) in [5, 5.41) is 14.8. The third-order valence-electron chi connectivity index (χ3n) is 3.78. The number of aromatic hydroxyl groups is 1. The third-order valence-corrected chi connectivity index (χ3v) is 4.07. The lowest BCUT2D eigenvalue weighted by atomic mass is 10.0. The summed E-state index contributed by atoms with van der Waals surface area (Å²) < 4.78 is 15.4. The second-order valence-corrected chi connectivity index (χ2v) is 6.15. The summed E-state index contributed by atoms with van der Waals surface area (Å²) in [5.74, 6) is -1.65. The Morgan fingerprint density at radius 3 is 2.54 bits per heavy atom. The molecule has 0 saturated carbocycles. The van der Waals surface area contributed by atoms with Gasteiger partial charge in [-0.2, -0.15) is 0 Å². The quantitative estimate of drug-likeness (QED) is 0.586. The van der Waals surface area contributed by atoms with Gasteiger partial charge in [-0.05, 0) is 32.9 Å². The van der Waals surface area contributed by atoms with Gasteiger partial charge in [-0.3, -0.25) is 0 Å². The molecular weight excluding hydrogens is 392 g/mol. The second kappa shape index (κ2) is 9.32. The van der Waals surface area contributed by atoms with Crippen LogP contribution in [0.3, 0.4) is 0 Å². The van der Waals surface area contributed by atoms with Gasteiger partial charge >= 0.3 is 18.0 Å². The maximum Gasteiger partial charge on any atom is 0.338 e. The van der Waals surface area contributed by atoms with E-state index in [0.29, 0.717) is 0 Å². The molecule has 9 nitrogen and oxygen atoms in total. The van der Waals surface area contributed by atoms with E-state index in [1.165, 1.54) is 12.1 Å². The maximum atomic E-state index is 12.4. The van der Waals surface area contributed by atoms with Crippen LogP contribution in [0.5, 0.6) is 11.5 Å². The summed E-state index contributed by atoms with van der Waals surface area (Å²) in [5.41, 5.74) is 0.323. The van der Waals surface area contributed by atoms with E-state index in [9.17, 15) is 19.5 Å². The van der Waals surface area contributed by atoms with Crippen molar-refractivity contribution in [3.63, 3.8) is 0 Å². The van der Waals surface area contributed by atoms with Crippen molar-refractivity contribution >= 4 is 29.6 Å². The number of nitrogens with one attached hydrogen (secondary N) is 2. The summed E-state index contributed by atoms with van der Waals surface area (Å²) in [6.45, 7) is 5.02. The standard InChI is InChI=1S/C18H21ClN2O7/c1-4-26-13-7-10(6-11(19)15(13)22)16(23)28-8-12-14(17(24)27-5-2)9(3)20-18(25)21-12/h6-7,9,22H,4-5,8H2,1-3H3,(H2,20,21,25)/t9-/m0/s1. The highest BCUT2D eigenvalue weighted by Crippen LogP contribution is 2.35. The van der Waals surface area contributed by atoms with E-state index in [1.54, 1.807) is 20.8 Å². The van der Waals surface area contributed by atoms with Gasteiger partial charge in [-0.1, -0.05) is 11.6 Å². The summed E-state index contributed by atoms with van der Waals surface area (Å²) in [6.07, 6.45) is 0. The van der Waals surface area contributed by atoms with Crippen LogP contribution in [-0.4, -0.2) is 48.9 Å². The minimum absolute atomic E-state index is 0.0390. The van der Waals surface area contributed by atoms with Crippen molar-refractivity contribution in [3.05, 3.63) is 34.0 Å². The molecule has 0 unspecified atom stereocenters. The zero-order valence-electron chi connectivity index (χ0n) is 15.6. The van der Waals surface area contributed by atoms with Gasteiger partial charge in [-0.25, -0.2) is 14.4 Å². The Bertz CT molecular complexity index is 822. The van der Waals surface area contributed by atoms with Gasteiger partial charge in [0.1, 0.15) is 6.61 Å². The number of hydrogen-bond acceptors (Lipinski definition) is 7. The third kappa shape index (κ3) is 4.86. The number of halogens is 1.